The van der Waals surface area contributed by atoms with E-state index in [1.807, 2.05) is 26.2 Å². The number of ketones is 1. The van der Waals surface area contributed by atoms with Crippen LogP contribution in [0.2, 0.25) is 0 Å². The monoisotopic (exact) mass is 277 g/mol. The molecule has 2 nitrogen and oxygen atoms in total. The van der Waals surface area contributed by atoms with Crippen molar-refractivity contribution < 1.29 is 9.18 Å². The Morgan fingerprint density at radius 3 is 2.47 bits per heavy atom. The van der Waals surface area contributed by atoms with Gasteiger partial charge in [0.05, 0.1) is 17.1 Å². The number of benzene rings is 1. The molecule has 0 aliphatic carbocycles. The van der Waals surface area contributed by atoms with Gasteiger partial charge in [0, 0.05) is 10.8 Å². The molecular formula is C15H16FNOS. The van der Waals surface area contributed by atoms with Gasteiger partial charge >= 0.3 is 0 Å². The number of carbonyl (C=O) groups excluding carboxylic acids is 1. The number of halogens is 1. The standard InChI is InChI=1S/C15H16FNOS/c1-10-17-13(9-19-10)8-14(18)15(2,3)11-4-6-12(16)7-5-11/h4-7,9H,8H2,1-3H3. The zero-order valence-corrected chi connectivity index (χ0v) is 12.1. The largest absolute Gasteiger partial charge is 0.298 e. The molecule has 0 fully saturated rings. The van der Waals surface area contributed by atoms with Gasteiger partial charge in [0.25, 0.3) is 0 Å². The van der Waals surface area contributed by atoms with Crippen molar-refractivity contribution >= 4 is 17.1 Å². The average Bonchev–Trinajstić information content (AvgIpc) is 2.75. The molecule has 2 rings (SSSR count). The predicted molar refractivity (Wildman–Crippen MR) is 75.0 cm³/mol. The van der Waals surface area contributed by atoms with Crippen LogP contribution in [0.3, 0.4) is 0 Å². The van der Waals surface area contributed by atoms with Gasteiger partial charge in [-0.3, -0.25) is 4.79 Å². The Labute approximate surface area is 116 Å². The molecule has 4 heteroatoms. The fraction of sp³-hybridized carbons (Fsp3) is 0.333. The number of Topliss-reactive ketones (excluding diaryl/α,β-unsaturated/α-hetero) is 1. The Kier molecular flexibility index (Phi) is 3.80. The van der Waals surface area contributed by atoms with Gasteiger partial charge in [-0.1, -0.05) is 12.1 Å². The van der Waals surface area contributed by atoms with Crippen LogP contribution in [0.1, 0.15) is 30.1 Å². The summed E-state index contributed by atoms with van der Waals surface area (Å²) in [6, 6.07) is 6.10. The zero-order valence-electron chi connectivity index (χ0n) is 11.2. The first kappa shape index (κ1) is 13.9. The molecule has 1 aromatic carbocycles. The molecule has 100 valence electrons. The van der Waals surface area contributed by atoms with Crippen molar-refractivity contribution in [3.05, 3.63) is 51.7 Å². The van der Waals surface area contributed by atoms with E-state index in [1.54, 1.807) is 23.5 Å². The number of rotatable bonds is 4. The average molecular weight is 277 g/mol. The van der Waals surface area contributed by atoms with E-state index in [2.05, 4.69) is 4.98 Å². The van der Waals surface area contributed by atoms with Gasteiger partial charge in [-0.25, -0.2) is 9.37 Å². The summed E-state index contributed by atoms with van der Waals surface area (Å²) in [6.45, 7) is 5.65. The van der Waals surface area contributed by atoms with E-state index in [0.29, 0.717) is 6.42 Å². The number of carbonyl (C=O) groups is 1. The molecule has 0 saturated carbocycles. The topological polar surface area (TPSA) is 30.0 Å². The molecule has 0 amide bonds. The van der Waals surface area contributed by atoms with Crippen LogP contribution in [0.4, 0.5) is 4.39 Å². The van der Waals surface area contributed by atoms with Gasteiger partial charge in [0.15, 0.2) is 0 Å². The van der Waals surface area contributed by atoms with E-state index in [-0.39, 0.29) is 11.6 Å². The van der Waals surface area contributed by atoms with Gasteiger partial charge in [-0.05, 0) is 38.5 Å². The first-order chi connectivity index (χ1) is 8.89. The summed E-state index contributed by atoms with van der Waals surface area (Å²) in [5, 5.41) is 2.87. The van der Waals surface area contributed by atoms with Gasteiger partial charge in [-0.15, -0.1) is 11.3 Å². The molecule has 0 radical (unpaired) electrons. The van der Waals surface area contributed by atoms with Crippen molar-refractivity contribution in [1.29, 1.82) is 0 Å². The van der Waals surface area contributed by atoms with Crippen LogP contribution in [0.5, 0.6) is 0 Å². The van der Waals surface area contributed by atoms with Crippen LogP contribution in [0.15, 0.2) is 29.6 Å². The molecule has 19 heavy (non-hydrogen) atoms. The van der Waals surface area contributed by atoms with Crippen molar-refractivity contribution in [2.45, 2.75) is 32.6 Å². The van der Waals surface area contributed by atoms with Crippen molar-refractivity contribution in [3.63, 3.8) is 0 Å². The summed E-state index contributed by atoms with van der Waals surface area (Å²) in [6.07, 6.45) is 0.314. The number of hydrogen-bond donors (Lipinski definition) is 0. The summed E-state index contributed by atoms with van der Waals surface area (Å²) in [5.74, 6) is -0.202. The molecular weight excluding hydrogens is 261 g/mol. The summed E-state index contributed by atoms with van der Waals surface area (Å²) in [7, 11) is 0. The molecule has 0 bridgehead atoms. The van der Waals surface area contributed by atoms with Gasteiger partial charge < -0.3 is 0 Å². The lowest BCUT2D eigenvalue weighted by Crippen LogP contribution is -2.30. The van der Waals surface area contributed by atoms with Crippen molar-refractivity contribution in [2.75, 3.05) is 0 Å². The van der Waals surface area contributed by atoms with E-state index >= 15 is 0 Å². The summed E-state index contributed by atoms with van der Waals surface area (Å²) >= 11 is 1.54. The van der Waals surface area contributed by atoms with Crippen molar-refractivity contribution in [1.82, 2.24) is 4.98 Å². The van der Waals surface area contributed by atoms with Gasteiger partial charge in [-0.2, -0.15) is 0 Å². The lowest BCUT2D eigenvalue weighted by Gasteiger charge is -2.23. The molecule has 0 atom stereocenters. The van der Waals surface area contributed by atoms with Crippen molar-refractivity contribution in [3.8, 4) is 0 Å². The van der Waals surface area contributed by atoms with E-state index in [0.717, 1.165) is 16.3 Å². The van der Waals surface area contributed by atoms with E-state index < -0.39 is 5.41 Å². The minimum absolute atomic E-state index is 0.0874. The second kappa shape index (κ2) is 5.21. The SMILES string of the molecule is Cc1nc(CC(=O)C(C)(C)c2ccc(F)cc2)cs1. The highest BCUT2D eigenvalue weighted by Gasteiger charge is 2.29. The van der Waals surface area contributed by atoms with Crippen LogP contribution in [0.25, 0.3) is 0 Å². The number of nitrogens with zero attached hydrogens (tertiary/aromatic N) is 1. The molecule has 0 N–H and O–H groups in total. The molecule has 0 aliphatic heterocycles. The molecule has 1 aromatic heterocycles. The predicted octanol–water partition coefficient (Wildman–Crippen LogP) is 3.68. The summed E-state index contributed by atoms with van der Waals surface area (Å²) < 4.78 is 12.9. The summed E-state index contributed by atoms with van der Waals surface area (Å²) in [4.78, 5) is 16.7. The lowest BCUT2D eigenvalue weighted by molar-refractivity contribution is -0.122. The highest BCUT2D eigenvalue weighted by atomic mass is 32.1. The first-order valence-electron chi connectivity index (χ1n) is 6.10. The van der Waals surface area contributed by atoms with Gasteiger partial charge in [0.1, 0.15) is 11.6 Å². The Morgan fingerprint density at radius 2 is 1.95 bits per heavy atom. The number of thiazole rings is 1. The van der Waals surface area contributed by atoms with Crippen LogP contribution >= 0.6 is 11.3 Å². The smallest absolute Gasteiger partial charge is 0.148 e. The van der Waals surface area contributed by atoms with E-state index in [4.69, 9.17) is 0 Å². The second-order valence-corrected chi connectivity index (χ2v) is 6.15. The second-order valence-electron chi connectivity index (χ2n) is 5.09. The van der Waals surface area contributed by atoms with E-state index in [1.165, 1.54) is 12.1 Å². The zero-order chi connectivity index (χ0) is 14.0. The number of hydrogen-bond acceptors (Lipinski definition) is 3. The van der Waals surface area contributed by atoms with Crippen LogP contribution in [-0.2, 0) is 16.6 Å². The minimum Gasteiger partial charge on any atom is -0.298 e. The van der Waals surface area contributed by atoms with E-state index in [9.17, 15) is 9.18 Å². The Morgan fingerprint density at radius 1 is 1.32 bits per heavy atom. The quantitative estimate of drug-likeness (QED) is 0.853. The Balaban J connectivity index is 2.19. The molecule has 0 saturated heterocycles. The third-order valence-corrected chi connectivity index (χ3v) is 4.09. The highest BCUT2D eigenvalue weighted by molar-refractivity contribution is 7.09. The molecule has 2 aromatic rings. The van der Waals surface area contributed by atoms with Crippen molar-refractivity contribution in [2.24, 2.45) is 0 Å². The maximum Gasteiger partial charge on any atom is 0.148 e. The number of aryl methyl sites for hydroxylation is 1. The normalized spacial score (nSPS) is 11.6. The van der Waals surface area contributed by atoms with Gasteiger partial charge in [0.2, 0.25) is 0 Å². The summed E-state index contributed by atoms with van der Waals surface area (Å²) in [5.41, 5.74) is 0.999. The fourth-order valence-corrected chi connectivity index (χ4v) is 2.52. The van der Waals surface area contributed by atoms with Crippen LogP contribution < -0.4 is 0 Å². The number of aromatic nitrogens is 1. The van der Waals surface area contributed by atoms with Crippen LogP contribution in [0, 0.1) is 12.7 Å². The maximum absolute atomic E-state index is 12.9. The molecule has 1 heterocycles. The molecule has 0 aliphatic rings. The Hall–Kier alpha value is -1.55. The molecule has 0 spiro atoms. The maximum atomic E-state index is 12.9. The Bertz CT molecular complexity index is 586. The third-order valence-electron chi connectivity index (χ3n) is 3.27. The molecule has 0 unspecified atom stereocenters. The third kappa shape index (κ3) is 3.07. The lowest BCUT2D eigenvalue weighted by atomic mass is 9.79. The highest BCUT2D eigenvalue weighted by Crippen LogP contribution is 2.26. The van der Waals surface area contributed by atoms with Crippen LogP contribution in [-0.4, -0.2) is 10.8 Å². The fourth-order valence-electron chi connectivity index (χ4n) is 1.90. The minimum atomic E-state index is -0.634. The first-order valence-corrected chi connectivity index (χ1v) is 6.98.